The molecule has 0 spiro atoms. The number of alkyl halides is 3. The summed E-state index contributed by atoms with van der Waals surface area (Å²) in [6.07, 6.45) is -0.133. The first-order valence-electron chi connectivity index (χ1n) is 8.12. The predicted molar refractivity (Wildman–Crippen MR) is 93.7 cm³/mol. The summed E-state index contributed by atoms with van der Waals surface area (Å²) >= 11 is 0. The van der Waals surface area contributed by atoms with E-state index >= 15 is 0 Å². The molecule has 0 atom stereocenters. The van der Waals surface area contributed by atoms with Crippen molar-refractivity contribution in [3.63, 3.8) is 0 Å². The van der Waals surface area contributed by atoms with Crippen LogP contribution in [0.4, 0.5) is 30.6 Å². The van der Waals surface area contributed by atoms with Gasteiger partial charge in [-0.05, 0) is 19.8 Å². The molecule has 1 aliphatic carbocycles. The normalized spacial score (nSPS) is 20.2. The molecule has 0 aromatic carbocycles. The van der Waals surface area contributed by atoms with Gasteiger partial charge in [0, 0.05) is 19.5 Å². The third kappa shape index (κ3) is 3.84. The lowest BCUT2D eigenvalue weighted by Crippen LogP contribution is -2.37. The van der Waals surface area contributed by atoms with E-state index in [9.17, 15) is 21.6 Å². The van der Waals surface area contributed by atoms with E-state index in [4.69, 9.17) is 0 Å². The zero-order valence-electron chi connectivity index (χ0n) is 14.9. The van der Waals surface area contributed by atoms with Crippen LogP contribution in [0.2, 0.25) is 0 Å². The Balaban J connectivity index is 1.77. The fourth-order valence-electron chi connectivity index (χ4n) is 2.96. The van der Waals surface area contributed by atoms with Gasteiger partial charge >= 0.3 is 6.18 Å². The van der Waals surface area contributed by atoms with Crippen LogP contribution in [0.15, 0.2) is 12.4 Å². The Morgan fingerprint density at radius 1 is 1.26 bits per heavy atom. The summed E-state index contributed by atoms with van der Waals surface area (Å²) in [6, 6.07) is -0.0262. The van der Waals surface area contributed by atoms with Gasteiger partial charge in [-0.15, -0.1) is 0 Å². The number of sulfone groups is 1. The second-order valence-electron chi connectivity index (χ2n) is 6.49. The van der Waals surface area contributed by atoms with Crippen molar-refractivity contribution in [1.29, 1.82) is 0 Å². The van der Waals surface area contributed by atoms with Crippen molar-refractivity contribution >= 4 is 27.3 Å². The molecule has 0 saturated heterocycles. The van der Waals surface area contributed by atoms with Gasteiger partial charge in [0.1, 0.15) is 21.2 Å². The molecule has 8 nitrogen and oxygen atoms in total. The van der Waals surface area contributed by atoms with Gasteiger partial charge in [-0.25, -0.2) is 13.4 Å². The topological polar surface area (TPSA) is 102 Å². The number of halogens is 3. The van der Waals surface area contributed by atoms with Crippen LogP contribution >= 0.6 is 0 Å². The molecule has 0 unspecified atom stereocenters. The molecule has 12 heteroatoms. The summed E-state index contributed by atoms with van der Waals surface area (Å²) in [5.74, 6) is -0.336. The standard InChI is InChI=1S/C15H19F3N6O2S/c1-8-12(7-21-24(8)9-4-10(5-9)27(3,25)26)22-14-20-6-11(15(16,17)18)13(19-2)23-14/h6-7,9-10H,4-5H2,1-3H3,(H2,19,20,22,23). The van der Waals surface area contributed by atoms with Crippen molar-refractivity contribution in [2.24, 2.45) is 0 Å². The van der Waals surface area contributed by atoms with Crippen LogP contribution in [-0.2, 0) is 16.0 Å². The van der Waals surface area contributed by atoms with Crippen LogP contribution in [0.25, 0.3) is 0 Å². The first-order chi connectivity index (χ1) is 12.5. The summed E-state index contributed by atoms with van der Waals surface area (Å²) in [6.45, 7) is 1.78. The Morgan fingerprint density at radius 2 is 1.93 bits per heavy atom. The molecular weight excluding hydrogens is 385 g/mol. The fourth-order valence-corrected chi connectivity index (χ4v) is 4.11. The Kier molecular flexibility index (Phi) is 4.78. The largest absolute Gasteiger partial charge is 0.421 e. The van der Waals surface area contributed by atoms with Gasteiger partial charge in [0.2, 0.25) is 5.95 Å². The Hall–Kier alpha value is -2.37. The lowest BCUT2D eigenvalue weighted by molar-refractivity contribution is -0.137. The molecule has 148 valence electrons. The average Bonchev–Trinajstić information content (AvgIpc) is 2.84. The molecule has 2 aromatic rings. The first kappa shape index (κ1) is 19.4. The maximum atomic E-state index is 12.9. The van der Waals surface area contributed by atoms with Crippen molar-refractivity contribution < 1.29 is 21.6 Å². The molecule has 1 fully saturated rings. The minimum Gasteiger partial charge on any atom is -0.372 e. The number of nitrogens with one attached hydrogen (secondary N) is 2. The molecule has 27 heavy (non-hydrogen) atoms. The number of aromatic nitrogens is 4. The molecule has 0 bridgehead atoms. The van der Waals surface area contributed by atoms with Crippen LogP contribution < -0.4 is 10.6 Å². The van der Waals surface area contributed by atoms with Crippen molar-refractivity contribution in [1.82, 2.24) is 19.7 Å². The van der Waals surface area contributed by atoms with Crippen LogP contribution in [0.1, 0.15) is 30.1 Å². The Bertz CT molecular complexity index is 951. The highest BCUT2D eigenvalue weighted by molar-refractivity contribution is 7.91. The molecule has 2 heterocycles. The van der Waals surface area contributed by atoms with Crippen molar-refractivity contribution in [3.05, 3.63) is 23.7 Å². The Morgan fingerprint density at radius 3 is 2.48 bits per heavy atom. The summed E-state index contributed by atoms with van der Waals surface area (Å²) in [7, 11) is -1.71. The maximum Gasteiger partial charge on any atom is 0.421 e. The van der Waals surface area contributed by atoms with E-state index in [-0.39, 0.29) is 23.1 Å². The first-order valence-corrected chi connectivity index (χ1v) is 10.1. The maximum absolute atomic E-state index is 12.9. The number of hydrogen-bond donors (Lipinski definition) is 2. The molecule has 0 aliphatic heterocycles. The highest BCUT2D eigenvalue weighted by Crippen LogP contribution is 2.38. The van der Waals surface area contributed by atoms with E-state index in [1.807, 2.05) is 0 Å². The van der Waals surface area contributed by atoms with E-state index in [2.05, 4.69) is 25.7 Å². The third-order valence-corrected chi connectivity index (χ3v) is 6.24. The van der Waals surface area contributed by atoms with Gasteiger partial charge in [-0.3, -0.25) is 4.68 Å². The summed E-state index contributed by atoms with van der Waals surface area (Å²) in [5, 5.41) is 9.17. The van der Waals surface area contributed by atoms with Crippen LogP contribution in [0, 0.1) is 6.92 Å². The van der Waals surface area contributed by atoms with E-state index in [0.717, 1.165) is 5.69 Å². The molecule has 3 rings (SSSR count). The monoisotopic (exact) mass is 404 g/mol. The van der Waals surface area contributed by atoms with Gasteiger partial charge in [0.05, 0.1) is 28.9 Å². The quantitative estimate of drug-likeness (QED) is 0.790. The van der Waals surface area contributed by atoms with Gasteiger partial charge in [-0.2, -0.15) is 23.3 Å². The van der Waals surface area contributed by atoms with E-state index in [1.165, 1.54) is 19.5 Å². The molecule has 0 radical (unpaired) electrons. The van der Waals surface area contributed by atoms with E-state index in [1.54, 1.807) is 11.6 Å². The van der Waals surface area contributed by atoms with Crippen LogP contribution in [0.5, 0.6) is 0 Å². The Labute approximate surface area is 154 Å². The van der Waals surface area contributed by atoms with E-state index in [0.29, 0.717) is 24.7 Å². The lowest BCUT2D eigenvalue weighted by Gasteiger charge is -2.34. The SMILES string of the molecule is CNc1nc(Nc2cnn(C3CC(S(C)(=O)=O)C3)c2C)ncc1C(F)(F)F. The van der Waals surface area contributed by atoms with Gasteiger partial charge in [0.25, 0.3) is 0 Å². The third-order valence-electron chi connectivity index (χ3n) is 4.64. The van der Waals surface area contributed by atoms with Crippen LogP contribution in [-0.4, -0.2) is 46.7 Å². The van der Waals surface area contributed by atoms with Crippen molar-refractivity contribution in [2.45, 2.75) is 37.2 Å². The predicted octanol–water partition coefficient (Wildman–Crippen LogP) is 2.53. The molecule has 0 amide bonds. The zero-order chi connectivity index (χ0) is 20.0. The molecule has 2 N–H and O–H groups in total. The molecular formula is C15H19F3N6O2S. The average molecular weight is 404 g/mol. The summed E-state index contributed by atoms with van der Waals surface area (Å²) < 4.78 is 63.5. The van der Waals surface area contributed by atoms with E-state index < -0.39 is 21.6 Å². The van der Waals surface area contributed by atoms with Gasteiger partial charge < -0.3 is 10.6 Å². The lowest BCUT2D eigenvalue weighted by atomic mass is 9.92. The highest BCUT2D eigenvalue weighted by Gasteiger charge is 2.38. The summed E-state index contributed by atoms with van der Waals surface area (Å²) in [5.41, 5.74) is 0.310. The smallest absolute Gasteiger partial charge is 0.372 e. The highest BCUT2D eigenvalue weighted by atomic mass is 32.2. The number of nitrogens with zero attached hydrogens (tertiary/aromatic N) is 4. The van der Waals surface area contributed by atoms with Gasteiger partial charge in [0.15, 0.2) is 0 Å². The minimum absolute atomic E-state index is 0.00220. The van der Waals surface area contributed by atoms with Gasteiger partial charge in [-0.1, -0.05) is 0 Å². The molecule has 1 saturated carbocycles. The molecule has 2 aromatic heterocycles. The fraction of sp³-hybridized carbons (Fsp3) is 0.533. The van der Waals surface area contributed by atoms with Crippen LogP contribution in [0.3, 0.4) is 0 Å². The van der Waals surface area contributed by atoms with Crippen molar-refractivity contribution in [3.8, 4) is 0 Å². The zero-order valence-corrected chi connectivity index (χ0v) is 15.7. The molecule has 1 aliphatic rings. The number of hydrogen-bond acceptors (Lipinski definition) is 7. The second-order valence-corrected chi connectivity index (χ2v) is 8.82. The number of anilines is 3. The number of rotatable bonds is 5. The summed E-state index contributed by atoms with van der Waals surface area (Å²) in [4.78, 5) is 7.58. The second kappa shape index (κ2) is 6.66. The minimum atomic E-state index is -4.56. The van der Waals surface area contributed by atoms with Crippen molar-refractivity contribution in [2.75, 3.05) is 23.9 Å².